The second kappa shape index (κ2) is 31.4. The summed E-state index contributed by atoms with van der Waals surface area (Å²) < 4.78 is 44.7. The van der Waals surface area contributed by atoms with Crippen LogP contribution in [0.1, 0.15) is 20.8 Å². The van der Waals surface area contributed by atoms with Gasteiger partial charge in [-0.2, -0.15) is 0 Å². The van der Waals surface area contributed by atoms with Crippen LogP contribution in [0.2, 0.25) is 0 Å². The highest BCUT2D eigenvalue weighted by molar-refractivity contribution is 8.13. The van der Waals surface area contributed by atoms with E-state index >= 15 is 0 Å². The fraction of sp³-hybridized carbons (Fsp3) is 0.227. The summed E-state index contributed by atoms with van der Waals surface area (Å²) in [4.78, 5) is 35.0. The van der Waals surface area contributed by atoms with Gasteiger partial charge in [-0.3, -0.25) is 0 Å². The lowest BCUT2D eigenvalue weighted by atomic mass is 10.1. The molecular formula is C44H52ClN9O12S2. The lowest BCUT2D eigenvalue weighted by Crippen LogP contribution is -2.21. The number of oxazole rings is 2. The summed E-state index contributed by atoms with van der Waals surface area (Å²) in [5.74, 6) is 2.39. The van der Waals surface area contributed by atoms with E-state index in [0.717, 1.165) is 29.4 Å². The van der Waals surface area contributed by atoms with Crippen LogP contribution >= 0.6 is 22.7 Å². The van der Waals surface area contributed by atoms with Crippen LogP contribution in [0.4, 0.5) is 34.1 Å². The SMILES string of the molecule is CCN(CC)CC.COc1cc(NOC#CONc2cccc(N)c2)ccc1-c1cnco1.COc1cc(NOC#CONc2cccc(NOOSC)c2)ccc1-c1cnco1.CS(=O)(=O)Cl. The molecule has 0 saturated heterocycles. The van der Waals surface area contributed by atoms with Crippen molar-refractivity contribution in [1.82, 2.24) is 14.9 Å². The van der Waals surface area contributed by atoms with Crippen molar-refractivity contribution >= 4 is 65.9 Å². The zero-order valence-corrected chi connectivity index (χ0v) is 40.4. The Balaban J connectivity index is 0.000000292. The Kier molecular flexibility index (Phi) is 25.3. The highest BCUT2D eigenvalue weighted by Gasteiger charge is 2.11. The normalized spacial score (nSPS) is 9.90. The van der Waals surface area contributed by atoms with Crippen molar-refractivity contribution in [3.63, 3.8) is 0 Å². The van der Waals surface area contributed by atoms with Crippen LogP contribution in [0.15, 0.2) is 119 Å². The van der Waals surface area contributed by atoms with Gasteiger partial charge in [-0.05, 0) is 80.3 Å². The van der Waals surface area contributed by atoms with E-state index < -0.39 is 9.05 Å². The van der Waals surface area contributed by atoms with E-state index in [0.29, 0.717) is 57.1 Å². The van der Waals surface area contributed by atoms with E-state index in [9.17, 15) is 8.42 Å². The monoisotopic (exact) mass is 997 g/mol. The first kappa shape index (κ1) is 54.8. The standard InChI is InChI=1S/C19H18N4O6S.C18H16N4O4.C6H15N.CH3ClO2S/c1-24-18-11-16(6-7-17(18)19-12-20-13-25-19)22-27-9-8-26-21-14-4-3-5-15(10-14)23-28-29-30-2;1-23-17-10-15(5-6-16(17)18-11-20-12-24-18)22-26-8-7-25-21-14-4-2-3-13(19)9-14;1-4-7(5-2)6-3;1-5(2,3)4/h3-7,10-13,21-23H,1-2H3;2-6,9-12,21-22H,19H2,1H3;4-6H2,1-3H3;1H3. The number of hydrogen-bond acceptors (Lipinski definition) is 22. The molecule has 2 heterocycles. The predicted molar refractivity (Wildman–Crippen MR) is 262 cm³/mol. The highest BCUT2D eigenvalue weighted by Crippen LogP contribution is 2.33. The molecule has 6 aromatic rings. The van der Waals surface area contributed by atoms with Gasteiger partial charge in [0.2, 0.25) is 9.05 Å². The third-order valence-electron chi connectivity index (χ3n) is 8.11. The van der Waals surface area contributed by atoms with Crippen molar-refractivity contribution < 1.29 is 55.4 Å². The second-order valence-corrected chi connectivity index (χ2v) is 16.2. The number of ether oxygens (including phenoxy) is 2. The number of hydrogen-bond donors (Lipinski definition) is 6. The number of halogens is 1. The van der Waals surface area contributed by atoms with Crippen molar-refractivity contribution in [1.29, 1.82) is 0 Å². The zero-order chi connectivity index (χ0) is 49.4. The Morgan fingerprint density at radius 2 is 1.04 bits per heavy atom. The van der Waals surface area contributed by atoms with Crippen molar-refractivity contribution in [2.45, 2.75) is 20.8 Å². The molecule has 2 aromatic heterocycles. The molecule has 68 heavy (non-hydrogen) atoms. The van der Waals surface area contributed by atoms with Crippen LogP contribution < -0.4 is 42.6 Å². The van der Waals surface area contributed by atoms with E-state index in [1.54, 1.807) is 106 Å². The van der Waals surface area contributed by atoms with Crippen LogP contribution in [-0.4, -0.2) is 69.7 Å². The van der Waals surface area contributed by atoms with Gasteiger partial charge >= 0.3 is 0 Å². The van der Waals surface area contributed by atoms with Gasteiger partial charge in [-0.15, -0.1) is 9.32 Å². The predicted octanol–water partition coefficient (Wildman–Crippen LogP) is 8.98. The molecule has 364 valence electrons. The van der Waals surface area contributed by atoms with E-state index in [1.165, 1.54) is 32.4 Å². The van der Waals surface area contributed by atoms with E-state index in [-0.39, 0.29) is 0 Å². The van der Waals surface area contributed by atoms with Crippen molar-refractivity contribution in [2.75, 3.05) is 79.5 Å². The molecule has 0 atom stereocenters. The lowest BCUT2D eigenvalue weighted by molar-refractivity contribution is -0.160. The first-order valence-electron chi connectivity index (χ1n) is 19.9. The quantitative estimate of drug-likeness (QED) is 0.00842. The van der Waals surface area contributed by atoms with Crippen molar-refractivity contribution in [3.05, 3.63) is 110 Å². The molecule has 0 radical (unpaired) electrons. The van der Waals surface area contributed by atoms with Gasteiger partial charge < -0.3 is 48.3 Å². The smallest absolute Gasteiger partial charge is 0.229 e. The fourth-order valence-electron chi connectivity index (χ4n) is 5.05. The number of rotatable bonds is 19. The largest absolute Gasteiger partial charge is 0.496 e. The van der Waals surface area contributed by atoms with Gasteiger partial charge in [-0.1, -0.05) is 32.9 Å². The summed E-state index contributed by atoms with van der Waals surface area (Å²) in [6.07, 6.45) is 18.0. The molecule has 0 aliphatic carbocycles. The molecular weight excluding hydrogens is 946 g/mol. The van der Waals surface area contributed by atoms with Crippen LogP contribution in [0, 0.1) is 24.4 Å². The molecule has 21 nitrogen and oxygen atoms in total. The van der Waals surface area contributed by atoms with E-state index in [2.05, 4.69) is 102 Å². The Morgan fingerprint density at radius 3 is 1.40 bits per heavy atom. The minimum Gasteiger partial charge on any atom is -0.496 e. The minimum atomic E-state index is -3.19. The molecule has 0 amide bonds. The number of methoxy groups -OCH3 is 2. The van der Waals surface area contributed by atoms with Gasteiger partial charge in [0.1, 0.15) is 11.5 Å². The Hall–Kier alpha value is -7.51. The van der Waals surface area contributed by atoms with Gasteiger partial charge in [0.05, 0.1) is 72.4 Å². The number of nitrogens with zero attached hydrogens (tertiary/aromatic N) is 3. The average Bonchev–Trinajstić information content (AvgIpc) is 4.08. The van der Waals surface area contributed by atoms with Crippen LogP contribution in [0.3, 0.4) is 0 Å². The van der Waals surface area contributed by atoms with Gasteiger partial charge in [-0.25, -0.2) is 45.8 Å². The molecule has 0 spiro atoms. The summed E-state index contributed by atoms with van der Waals surface area (Å²) in [6, 6.07) is 24.8. The van der Waals surface area contributed by atoms with Crippen molar-refractivity contribution in [2.24, 2.45) is 0 Å². The Bertz CT molecular complexity index is 2570. The lowest BCUT2D eigenvalue weighted by Gasteiger charge is -2.13. The molecule has 0 unspecified atom stereocenters. The van der Waals surface area contributed by atoms with Gasteiger partial charge in [0, 0.05) is 46.8 Å². The maximum Gasteiger partial charge on any atom is 0.229 e. The number of nitrogens with two attached hydrogens (primary N) is 1. The molecule has 4 aromatic carbocycles. The second-order valence-electron chi connectivity index (χ2n) is 12.7. The third-order valence-corrected chi connectivity index (χ3v) is 8.32. The summed E-state index contributed by atoms with van der Waals surface area (Å²) in [6.45, 7) is 10.1. The topological polar surface area (TPSA) is 249 Å². The molecule has 0 aliphatic rings. The summed E-state index contributed by atoms with van der Waals surface area (Å²) in [7, 11) is 4.43. The van der Waals surface area contributed by atoms with Crippen LogP contribution in [-0.2, 0) is 37.7 Å². The number of nitrogens with one attached hydrogen (secondary N) is 5. The molecule has 0 saturated carbocycles. The average molecular weight is 999 g/mol. The molecule has 0 fully saturated rings. The van der Waals surface area contributed by atoms with Gasteiger partial charge in [0.25, 0.3) is 0 Å². The maximum atomic E-state index is 9.40. The number of aromatic nitrogens is 2. The number of benzene rings is 4. The summed E-state index contributed by atoms with van der Waals surface area (Å²) in [5.41, 5.74) is 24.3. The molecule has 0 bridgehead atoms. The minimum absolute atomic E-state index is 0.589. The zero-order valence-electron chi connectivity index (χ0n) is 38.0. The van der Waals surface area contributed by atoms with Crippen molar-refractivity contribution in [3.8, 4) is 58.6 Å². The first-order chi connectivity index (χ1) is 32.9. The van der Waals surface area contributed by atoms with Crippen LogP contribution in [0.25, 0.3) is 22.6 Å². The highest BCUT2D eigenvalue weighted by atomic mass is 35.7. The summed E-state index contributed by atoms with van der Waals surface area (Å²) in [5, 5.41) is 0. The number of anilines is 6. The van der Waals surface area contributed by atoms with E-state index in [1.807, 2.05) is 12.1 Å². The molecule has 6 rings (SSSR count). The van der Waals surface area contributed by atoms with Crippen LogP contribution in [0.5, 0.6) is 11.5 Å². The van der Waals surface area contributed by atoms with Gasteiger partial charge in [0.15, 0.2) is 48.7 Å². The fourth-order valence-corrected chi connectivity index (χ4v) is 5.16. The first-order valence-corrected chi connectivity index (χ1v) is 23.8. The van der Waals surface area contributed by atoms with E-state index in [4.69, 9.17) is 48.4 Å². The Morgan fingerprint density at radius 1 is 0.647 bits per heavy atom. The molecule has 24 heteroatoms. The maximum absolute atomic E-state index is 9.40. The molecule has 7 N–H and O–H groups in total. The number of nitrogen functional groups attached to an aromatic ring is 1. The molecule has 0 aliphatic heterocycles. The summed E-state index contributed by atoms with van der Waals surface area (Å²) >= 11 is 1.07. The third kappa shape index (κ3) is 22.1. The Labute approximate surface area is 403 Å².